The van der Waals surface area contributed by atoms with Gasteiger partial charge in [-0.25, -0.2) is 4.79 Å². The summed E-state index contributed by atoms with van der Waals surface area (Å²) < 4.78 is 4.80. The second-order valence-electron chi connectivity index (χ2n) is 4.87. The fourth-order valence-electron chi connectivity index (χ4n) is 2.54. The quantitative estimate of drug-likeness (QED) is 0.820. The molecule has 0 bridgehead atoms. The lowest BCUT2D eigenvalue weighted by Gasteiger charge is -2.27. The van der Waals surface area contributed by atoms with Crippen molar-refractivity contribution in [2.45, 2.75) is 20.3 Å². The van der Waals surface area contributed by atoms with Gasteiger partial charge in [0.05, 0.1) is 12.7 Å². The number of hydrogen-bond donors (Lipinski definition) is 2. The average Bonchev–Trinajstić information content (AvgIpc) is 2.83. The predicted molar refractivity (Wildman–Crippen MR) is 82.3 cm³/mol. The Morgan fingerprint density at radius 3 is 2.43 bits per heavy atom. The maximum Gasteiger partial charge on any atom is 0.339 e. The first-order valence-corrected chi connectivity index (χ1v) is 6.89. The van der Waals surface area contributed by atoms with Gasteiger partial charge in [-0.15, -0.1) is 12.4 Å². The number of methoxy groups -OCH3 is 1. The molecule has 7 heteroatoms. The molecule has 1 aliphatic rings. The van der Waals surface area contributed by atoms with E-state index in [2.05, 4.69) is 10.3 Å². The molecule has 2 heterocycles. The lowest BCUT2D eigenvalue weighted by atomic mass is 10.1. The summed E-state index contributed by atoms with van der Waals surface area (Å²) in [6, 6.07) is 0. The van der Waals surface area contributed by atoms with Crippen LogP contribution < -0.4 is 5.32 Å². The van der Waals surface area contributed by atoms with E-state index in [9.17, 15) is 9.59 Å². The van der Waals surface area contributed by atoms with E-state index in [-0.39, 0.29) is 18.3 Å². The van der Waals surface area contributed by atoms with Gasteiger partial charge in [-0.3, -0.25) is 4.79 Å². The maximum atomic E-state index is 12.5. The van der Waals surface area contributed by atoms with Gasteiger partial charge in [0.25, 0.3) is 5.91 Å². The summed E-state index contributed by atoms with van der Waals surface area (Å²) in [5.74, 6) is -0.441. The topological polar surface area (TPSA) is 74.4 Å². The van der Waals surface area contributed by atoms with Gasteiger partial charge < -0.3 is 19.9 Å². The predicted octanol–water partition coefficient (Wildman–Crippen LogP) is 1.14. The Bertz CT molecular complexity index is 522. The van der Waals surface area contributed by atoms with Gasteiger partial charge in [0.2, 0.25) is 0 Å². The Labute approximate surface area is 130 Å². The number of carbonyl (C=O) groups excluding carboxylic acids is 2. The van der Waals surface area contributed by atoms with E-state index in [1.165, 1.54) is 7.11 Å². The summed E-state index contributed by atoms with van der Waals surface area (Å²) in [6.45, 7) is 6.71. The van der Waals surface area contributed by atoms with Crippen LogP contribution in [0.1, 0.15) is 39.0 Å². The number of H-pyrrole nitrogens is 1. The highest BCUT2D eigenvalue weighted by atomic mass is 35.5. The van der Waals surface area contributed by atoms with E-state index in [1.54, 1.807) is 11.8 Å². The molecule has 0 aromatic carbocycles. The maximum absolute atomic E-state index is 12.5. The molecule has 0 radical (unpaired) electrons. The molecule has 1 fully saturated rings. The van der Waals surface area contributed by atoms with Gasteiger partial charge in [0.1, 0.15) is 5.69 Å². The molecule has 2 N–H and O–H groups in total. The molecule has 6 nitrogen and oxygen atoms in total. The van der Waals surface area contributed by atoms with Crippen LogP contribution in [0.2, 0.25) is 0 Å². The van der Waals surface area contributed by atoms with Crippen molar-refractivity contribution in [2.75, 3.05) is 33.3 Å². The minimum absolute atomic E-state index is 0. The van der Waals surface area contributed by atoms with Crippen molar-refractivity contribution in [3.8, 4) is 0 Å². The minimum atomic E-state index is -0.394. The number of piperazine rings is 1. The van der Waals surface area contributed by atoms with E-state index in [0.29, 0.717) is 36.3 Å². The fourth-order valence-corrected chi connectivity index (χ4v) is 2.54. The smallest absolute Gasteiger partial charge is 0.339 e. The molecule has 1 saturated heterocycles. The number of aromatic amines is 1. The zero-order valence-corrected chi connectivity index (χ0v) is 13.4. The van der Waals surface area contributed by atoms with Crippen LogP contribution in [0, 0.1) is 6.92 Å². The first-order chi connectivity index (χ1) is 9.60. The molecule has 21 heavy (non-hydrogen) atoms. The number of carbonyl (C=O) groups is 2. The molecule has 0 atom stereocenters. The molecule has 1 aromatic heterocycles. The number of ether oxygens (including phenoxy) is 1. The Morgan fingerprint density at radius 2 is 1.90 bits per heavy atom. The molecule has 1 aliphatic heterocycles. The lowest BCUT2D eigenvalue weighted by Crippen LogP contribution is -2.46. The van der Waals surface area contributed by atoms with Crippen molar-refractivity contribution in [3.63, 3.8) is 0 Å². The Kier molecular flexibility index (Phi) is 6.23. The molecule has 0 unspecified atom stereocenters. The zero-order valence-electron chi connectivity index (χ0n) is 12.6. The third-order valence-corrected chi connectivity index (χ3v) is 3.69. The molecule has 0 aliphatic carbocycles. The van der Waals surface area contributed by atoms with Gasteiger partial charge in [0.15, 0.2) is 0 Å². The van der Waals surface area contributed by atoms with Gasteiger partial charge in [-0.05, 0) is 18.9 Å². The van der Waals surface area contributed by atoms with Crippen molar-refractivity contribution in [2.24, 2.45) is 0 Å². The summed E-state index contributed by atoms with van der Waals surface area (Å²) in [5.41, 5.74) is 2.43. The highest BCUT2D eigenvalue weighted by Crippen LogP contribution is 2.21. The monoisotopic (exact) mass is 315 g/mol. The van der Waals surface area contributed by atoms with E-state index in [4.69, 9.17) is 4.74 Å². The number of nitrogens with one attached hydrogen (secondary N) is 2. The van der Waals surface area contributed by atoms with Crippen molar-refractivity contribution < 1.29 is 14.3 Å². The summed E-state index contributed by atoms with van der Waals surface area (Å²) in [5, 5.41) is 3.21. The third kappa shape index (κ3) is 3.39. The fraction of sp³-hybridized carbons (Fsp3) is 0.571. The molecular weight excluding hydrogens is 294 g/mol. The SMILES string of the molecule is CCc1[nH]c(C(=O)N2CCNCC2)c(C)c1C(=O)OC.Cl. The van der Waals surface area contributed by atoms with Crippen LogP contribution in [0.5, 0.6) is 0 Å². The van der Waals surface area contributed by atoms with Crippen LogP contribution in [-0.4, -0.2) is 55.0 Å². The second-order valence-corrected chi connectivity index (χ2v) is 4.87. The largest absolute Gasteiger partial charge is 0.465 e. The van der Waals surface area contributed by atoms with Crippen molar-refractivity contribution >= 4 is 24.3 Å². The molecule has 118 valence electrons. The third-order valence-electron chi connectivity index (χ3n) is 3.69. The molecule has 0 spiro atoms. The van der Waals surface area contributed by atoms with Crippen molar-refractivity contribution in [1.82, 2.24) is 15.2 Å². The van der Waals surface area contributed by atoms with E-state index < -0.39 is 5.97 Å². The Morgan fingerprint density at radius 1 is 1.29 bits per heavy atom. The van der Waals surface area contributed by atoms with Gasteiger partial charge >= 0.3 is 5.97 Å². The molecule has 0 saturated carbocycles. The summed E-state index contributed by atoms with van der Waals surface area (Å²) >= 11 is 0. The van der Waals surface area contributed by atoms with E-state index in [1.807, 2.05) is 6.92 Å². The van der Waals surface area contributed by atoms with Crippen molar-refractivity contribution in [1.29, 1.82) is 0 Å². The van der Waals surface area contributed by atoms with Crippen LogP contribution in [-0.2, 0) is 11.2 Å². The van der Waals surface area contributed by atoms with Crippen LogP contribution in [0.3, 0.4) is 0 Å². The number of aryl methyl sites for hydroxylation is 1. The van der Waals surface area contributed by atoms with Crippen LogP contribution in [0.15, 0.2) is 0 Å². The number of hydrogen-bond acceptors (Lipinski definition) is 4. The summed E-state index contributed by atoms with van der Waals surface area (Å²) in [6.07, 6.45) is 0.653. The van der Waals surface area contributed by atoms with Gasteiger partial charge in [-0.1, -0.05) is 6.92 Å². The standard InChI is InChI=1S/C14H21N3O3.ClH/c1-4-10-11(14(19)20-3)9(2)12(16-10)13(18)17-7-5-15-6-8-17;/h15-16H,4-8H2,1-3H3;1H. The molecule has 1 amide bonds. The first-order valence-electron chi connectivity index (χ1n) is 6.89. The van der Waals surface area contributed by atoms with E-state index in [0.717, 1.165) is 18.8 Å². The van der Waals surface area contributed by atoms with Gasteiger partial charge in [-0.2, -0.15) is 0 Å². The number of esters is 1. The number of aromatic nitrogens is 1. The average molecular weight is 316 g/mol. The zero-order chi connectivity index (χ0) is 14.7. The van der Waals surface area contributed by atoms with Crippen LogP contribution >= 0.6 is 12.4 Å². The molecule has 2 rings (SSSR count). The van der Waals surface area contributed by atoms with Gasteiger partial charge in [0, 0.05) is 31.9 Å². The minimum Gasteiger partial charge on any atom is -0.465 e. The first kappa shape index (κ1) is 17.5. The summed E-state index contributed by atoms with van der Waals surface area (Å²) in [4.78, 5) is 29.3. The number of amides is 1. The van der Waals surface area contributed by atoms with Crippen molar-refractivity contribution in [3.05, 3.63) is 22.5 Å². The highest BCUT2D eigenvalue weighted by molar-refractivity contribution is 6.00. The van der Waals surface area contributed by atoms with Crippen LogP contribution in [0.25, 0.3) is 0 Å². The lowest BCUT2D eigenvalue weighted by molar-refractivity contribution is 0.0599. The molecular formula is C14H22ClN3O3. The normalized spacial score (nSPS) is 14.5. The number of halogens is 1. The Balaban J connectivity index is 0.00000220. The van der Waals surface area contributed by atoms with E-state index >= 15 is 0 Å². The second kappa shape index (κ2) is 7.47. The number of nitrogens with zero attached hydrogens (tertiary/aromatic N) is 1. The molecule has 1 aromatic rings. The number of rotatable bonds is 3. The van der Waals surface area contributed by atoms with Crippen LogP contribution in [0.4, 0.5) is 0 Å². The highest BCUT2D eigenvalue weighted by Gasteiger charge is 2.26. The summed E-state index contributed by atoms with van der Waals surface area (Å²) in [7, 11) is 1.35. The Hall–Kier alpha value is -1.53.